The van der Waals surface area contributed by atoms with E-state index < -0.39 is 17.5 Å². The van der Waals surface area contributed by atoms with Crippen LogP contribution in [0.2, 0.25) is 0 Å². The molecule has 1 rings (SSSR count). The molecule has 6 nitrogen and oxygen atoms in total. The van der Waals surface area contributed by atoms with Crippen LogP contribution in [0.15, 0.2) is 17.8 Å². The van der Waals surface area contributed by atoms with Crippen LogP contribution in [0.3, 0.4) is 0 Å². The van der Waals surface area contributed by atoms with Crippen molar-refractivity contribution in [1.29, 1.82) is 5.26 Å². The highest BCUT2D eigenvalue weighted by Gasteiger charge is 2.20. The van der Waals surface area contributed by atoms with E-state index in [1.54, 1.807) is 32.9 Å². The third-order valence-corrected chi connectivity index (χ3v) is 3.33. The number of esters is 2. The molecule has 1 aromatic rings. The Morgan fingerprint density at radius 1 is 1.41 bits per heavy atom. The topological polar surface area (TPSA) is 88.4 Å². The third-order valence-electron chi connectivity index (χ3n) is 2.35. The van der Waals surface area contributed by atoms with E-state index in [1.165, 1.54) is 24.6 Å². The van der Waals surface area contributed by atoms with Gasteiger partial charge in [0.2, 0.25) is 0 Å². The van der Waals surface area contributed by atoms with Crippen molar-refractivity contribution in [3.8, 4) is 6.07 Å². The first-order valence-electron chi connectivity index (χ1n) is 6.47. The van der Waals surface area contributed by atoms with Crippen molar-refractivity contribution >= 4 is 28.3 Å². The number of nitriles is 1. The Morgan fingerprint density at radius 3 is 2.55 bits per heavy atom. The Bertz CT molecular complexity index is 647. The minimum atomic E-state index is -0.726. The second-order valence-electron chi connectivity index (χ2n) is 5.41. The van der Waals surface area contributed by atoms with Crippen LogP contribution in [0.25, 0.3) is 0 Å². The van der Waals surface area contributed by atoms with Gasteiger partial charge < -0.3 is 14.8 Å². The SMILES string of the molecule is COC(=O)c1cc(C)sc1N/C=C(\C#N)C(=O)OC(C)(C)C. The standard InChI is InChI=1S/C15H18N2O4S/c1-9-6-11(14(19)20-5)12(22-9)17-8-10(7-16)13(18)21-15(2,3)4/h6,8,17H,1-5H3/b10-8+. The van der Waals surface area contributed by atoms with E-state index in [1.807, 2.05) is 6.92 Å². The summed E-state index contributed by atoms with van der Waals surface area (Å²) in [5.41, 5.74) is -0.525. The molecule has 22 heavy (non-hydrogen) atoms. The lowest BCUT2D eigenvalue weighted by Crippen LogP contribution is -2.24. The van der Waals surface area contributed by atoms with Gasteiger partial charge in [-0.25, -0.2) is 9.59 Å². The molecule has 7 heteroatoms. The number of methoxy groups -OCH3 is 1. The molecule has 118 valence electrons. The van der Waals surface area contributed by atoms with E-state index in [0.29, 0.717) is 10.6 Å². The highest BCUT2D eigenvalue weighted by molar-refractivity contribution is 7.16. The van der Waals surface area contributed by atoms with Crippen LogP contribution in [-0.4, -0.2) is 24.6 Å². The lowest BCUT2D eigenvalue weighted by atomic mass is 10.2. The van der Waals surface area contributed by atoms with E-state index in [4.69, 9.17) is 10.00 Å². The van der Waals surface area contributed by atoms with Crippen molar-refractivity contribution in [2.75, 3.05) is 12.4 Å². The maximum atomic E-state index is 11.9. The smallest absolute Gasteiger partial charge is 0.350 e. The molecule has 0 bridgehead atoms. The molecule has 0 aliphatic carbocycles. The summed E-state index contributed by atoms with van der Waals surface area (Å²) >= 11 is 1.32. The lowest BCUT2D eigenvalue weighted by Gasteiger charge is -2.18. The van der Waals surface area contributed by atoms with Gasteiger partial charge in [0.05, 0.1) is 12.7 Å². The summed E-state index contributed by atoms with van der Waals surface area (Å²) in [5, 5.41) is 12.4. The summed E-state index contributed by atoms with van der Waals surface area (Å²) < 4.78 is 9.81. The molecule has 0 atom stereocenters. The molecule has 0 saturated heterocycles. The highest BCUT2D eigenvalue weighted by Crippen LogP contribution is 2.28. The molecule has 0 radical (unpaired) electrons. The predicted molar refractivity (Wildman–Crippen MR) is 83.6 cm³/mol. The Morgan fingerprint density at radius 2 is 2.05 bits per heavy atom. The molecular formula is C15H18N2O4S. The molecule has 0 fully saturated rings. The quantitative estimate of drug-likeness (QED) is 0.521. The van der Waals surface area contributed by atoms with Gasteiger partial charge in [-0.1, -0.05) is 0 Å². The number of nitrogens with zero attached hydrogens (tertiary/aromatic N) is 1. The van der Waals surface area contributed by atoms with E-state index >= 15 is 0 Å². The molecule has 0 saturated carbocycles. The Balaban J connectivity index is 2.97. The monoisotopic (exact) mass is 322 g/mol. The summed E-state index contributed by atoms with van der Waals surface area (Å²) in [4.78, 5) is 24.4. The fourth-order valence-corrected chi connectivity index (χ4v) is 2.36. The van der Waals surface area contributed by atoms with Gasteiger partial charge in [0, 0.05) is 11.1 Å². The second kappa shape index (κ2) is 7.09. The highest BCUT2D eigenvalue weighted by atomic mass is 32.1. The van der Waals surface area contributed by atoms with Gasteiger partial charge in [0.1, 0.15) is 16.7 Å². The van der Waals surface area contributed by atoms with Crippen molar-refractivity contribution in [2.24, 2.45) is 0 Å². The van der Waals surface area contributed by atoms with Gasteiger partial charge in [-0.15, -0.1) is 11.3 Å². The zero-order chi connectivity index (χ0) is 16.9. The molecule has 0 aliphatic rings. The second-order valence-corrected chi connectivity index (χ2v) is 6.66. The zero-order valence-corrected chi connectivity index (χ0v) is 14.0. The first-order chi connectivity index (χ1) is 10.2. The summed E-state index contributed by atoms with van der Waals surface area (Å²) in [5.74, 6) is -1.22. The van der Waals surface area contributed by atoms with Crippen molar-refractivity contribution < 1.29 is 19.1 Å². The van der Waals surface area contributed by atoms with Crippen LogP contribution in [0.1, 0.15) is 36.0 Å². The molecule has 1 aromatic heterocycles. The summed E-state index contributed by atoms with van der Waals surface area (Å²) in [6.07, 6.45) is 1.23. The predicted octanol–water partition coefficient (Wildman–Crippen LogP) is 3.00. The fourth-order valence-electron chi connectivity index (χ4n) is 1.49. The Hall–Kier alpha value is -2.33. The summed E-state index contributed by atoms with van der Waals surface area (Å²) in [6, 6.07) is 3.45. The first-order valence-corrected chi connectivity index (χ1v) is 7.28. The number of ether oxygens (including phenoxy) is 2. The van der Waals surface area contributed by atoms with Gasteiger partial charge in [-0.3, -0.25) is 0 Å². The lowest BCUT2D eigenvalue weighted by molar-refractivity contribution is -0.149. The summed E-state index contributed by atoms with van der Waals surface area (Å²) in [7, 11) is 1.29. The van der Waals surface area contributed by atoms with Crippen LogP contribution in [0, 0.1) is 18.3 Å². The third kappa shape index (κ3) is 4.90. The largest absolute Gasteiger partial charge is 0.465 e. The van der Waals surface area contributed by atoms with Crippen molar-refractivity contribution in [3.63, 3.8) is 0 Å². The Kier molecular flexibility index (Phi) is 5.71. The van der Waals surface area contributed by atoms with E-state index in [2.05, 4.69) is 10.1 Å². The van der Waals surface area contributed by atoms with Gasteiger partial charge in [-0.2, -0.15) is 5.26 Å². The van der Waals surface area contributed by atoms with Gasteiger partial charge in [-0.05, 0) is 33.8 Å². The number of aryl methyl sites for hydroxylation is 1. The number of carbonyl (C=O) groups is 2. The normalized spacial score (nSPS) is 11.5. The zero-order valence-electron chi connectivity index (χ0n) is 13.1. The number of hydrogen-bond donors (Lipinski definition) is 1. The van der Waals surface area contributed by atoms with Crippen LogP contribution >= 0.6 is 11.3 Å². The van der Waals surface area contributed by atoms with Crippen LogP contribution in [0.5, 0.6) is 0 Å². The van der Waals surface area contributed by atoms with Crippen molar-refractivity contribution in [2.45, 2.75) is 33.3 Å². The van der Waals surface area contributed by atoms with E-state index in [9.17, 15) is 9.59 Å². The van der Waals surface area contributed by atoms with Crippen LogP contribution in [-0.2, 0) is 14.3 Å². The molecular weight excluding hydrogens is 304 g/mol. The van der Waals surface area contributed by atoms with Gasteiger partial charge >= 0.3 is 11.9 Å². The van der Waals surface area contributed by atoms with Crippen LogP contribution < -0.4 is 5.32 Å². The van der Waals surface area contributed by atoms with Gasteiger partial charge in [0.25, 0.3) is 0 Å². The number of thiophene rings is 1. The molecule has 0 spiro atoms. The number of nitrogens with one attached hydrogen (secondary N) is 1. The Labute approximate surface area is 133 Å². The van der Waals surface area contributed by atoms with Crippen LogP contribution in [0.4, 0.5) is 5.00 Å². The van der Waals surface area contributed by atoms with Gasteiger partial charge in [0.15, 0.2) is 5.57 Å². The molecule has 1 heterocycles. The van der Waals surface area contributed by atoms with E-state index in [-0.39, 0.29) is 5.57 Å². The average Bonchev–Trinajstić information content (AvgIpc) is 2.77. The number of rotatable bonds is 4. The maximum absolute atomic E-state index is 11.9. The minimum Gasteiger partial charge on any atom is -0.465 e. The molecule has 0 amide bonds. The minimum absolute atomic E-state index is 0.184. The van der Waals surface area contributed by atoms with Crippen molar-refractivity contribution in [3.05, 3.63) is 28.3 Å². The number of anilines is 1. The molecule has 0 aromatic carbocycles. The molecule has 0 aliphatic heterocycles. The average molecular weight is 322 g/mol. The fraction of sp³-hybridized carbons (Fsp3) is 0.400. The number of hydrogen-bond acceptors (Lipinski definition) is 7. The summed E-state index contributed by atoms with van der Waals surface area (Å²) in [6.45, 7) is 6.98. The maximum Gasteiger partial charge on any atom is 0.350 e. The molecule has 0 unspecified atom stereocenters. The van der Waals surface area contributed by atoms with E-state index in [0.717, 1.165) is 4.88 Å². The first kappa shape index (κ1) is 17.7. The van der Waals surface area contributed by atoms with Crippen molar-refractivity contribution in [1.82, 2.24) is 0 Å². The number of carbonyl (C=O) groups excluding carboxylic acids is 2. The molecule has 1 N–H and O–H groups in total.